The zero-order valence-electron chi connectivity index (χ0n) is 19.3. The minimum Gasteiger partial charge on any atom is -0.352 e. The Morgan fingerprint density at radius 2 is 1.63 bits per heavy atom. The van der Waals surface area contributed by atoms with Crippen molar-refractivity contribution in [2.75, 3.05) is 36.4 Å². The average molecular weight is 483 g/mol. The molecule has 0 bridgehead atoms. The molecule has 0 aliphatic carbocycles. The summed E-state index contributed by atoms with van der Waals surface area (Å²) in [7, 11) is 0. The number of aromatic nitrogens is 2. The minimum absolute atomic E-state index is 0.159. The van der Waals surface area contributed by atoms with Crippen molar-refractivity contribution < 1.29 is 22.8 Å². The number of piperazine rings is 1. The fourth-order valence-corrected chi connectivity index (χ4v) is 3.98. The highest BCUT2D eigenvalue weighted by molar-refractivity contribution is 6.03. The SMILES string of the molecule is Cc1ccc(NC(=O)c2ccc(N3CCN(C(=O)c4ccccc4C(F)(F)F)CC3)nn2)c(C)c1. The van der Waals surface area contributed by atoms with Crippen molar-refractivity contribution in [3.63, 3.8) is 0 Å². The highest BCUT2D eigenvalue weighted by Crippen LogP contribution is 2.32. The van der Waals surface area contributed by atoms with Crippen LogP contribution < -0.4 is 10.2 Å². The van der Waals surface area contributed by atoms with Crippen LogP contribution in [-0.2, 0) is 6.18 Å². The summed E-state index contributed by atoms with van der Waals surface area (Å²) < 4.78 is 39.9. The number of hydrogen-bond acceptors (Lipinski definition) is 5. The third-order valence-electron chi connectivity index (χ3n) is 5.87. The lowest BCUT2D eigenvalue weighted by Gasteiger charge is -2.35. The number of alkyl halides is 3. The molecule has 2 heterocycles. The Morgan fingerprint density at radius 3 is 2.26 bits per heavy atom. The maximum Gasteiger partial charge on any atom is 0.417 e. The third kappa shape index (κ3) is 5.42. The van der Waals surface area contributed by atoms with Gasteiger partial charge in [-0.15, -0.1) is 10.2 Å². The molecule has 182 valence electrons. The predicted molar refractivity (Wildman–Crippen MR) is 125 cm³/mol. The lowest BCUT2D eigenvalue weighted by atomic mass is 10.1. The van der Waals surface area contributed by atoms with Gasteiger partial charge in [0.1, 0.15) is 0 Å². The predicted octanol–water partition coefficient (Wildman–Crippen LogP) is 4.33. The molecule has 0 unspecified atom stereocenters. The number of halogens is 3. The molecule has 1 aromatic heterocycles. The molecule has 10 heteroatoms. The first-order chi connectivity index (χ1) is 16.6. The van der Waals surface area contributed by atoms with Gasteiger partial charge in [0.2, 0.25) is 0 Å². The fourth-order valence-electron chi connectivity index (χ4n) is 3.98. The van der Waals surface area contributed by atoms with Gasteiger partial charge in [-0.25, -0.2) is 0 Å². The van der Waals surface area contributed by atoms with Crippen molar-refractivity contribution in [1.82, 2.24) is 15.1 Å². The van der Waals surface area contributed by atoms with E-state index >= 15 is 0 Å². The number of anilines is 2. The van der Waals surface area contributed by atoms with Crippen LogP contribution in [0.5, 0.6) is 0 Å². The number of aryl methyl sites for hydroxylation is 2. The molecule has 0 radical (unpaired) electrons. The molecule has 4 rings (SSSR count). The van der Waals surface area contributed by atoms with Crippen molar-refractivity contribution in [3.8, 4) is 0 Å². The molecule has 0 spiro atoms. The van der Waals surface area contributed by atoms with Gasteiger partial charge >= 0.3 is 6.18 Å². The molecule has 0 saturated carbocycles. The first-order valence-corrected chi connectivity index (χ1v) is 11.1. The van der Waals surface area contributed by atoms with Gasteiger partial charge in [0.15, 0.2) is 11.5 Å². The number of nitrogens with one attached hydrogen (secondary N) is 1. The first kappa shape index (κ1) is 24.2. The Morgan fingerprint density at radius 1 is 0.914 bits per heavy atom. The Bertz CT molecular complexity index is 1240. The van der Waals surface area contributed by atoms with E-state index < -0.39 is 17.6 Å². The van der Waals surface area contributed by atoms with Crippen LogP contribution in [0.2, 0.25) is 0 Å². The zero-order chi connectivity index (χ0) is 25.2. The van der Waals surface area contributed by atoms with E-state index in [2.05, 4.69) is 15.5 Å². The number of nitrogens with zero attached hydrogens (tertiary/aromatic N) is 4. The van der Waals surface area contributed by atoms with Gasteiger partial charge in [-0.3, -0.25) is 9.59 Å². The molecular formula is C25H24F3N5O2. The normalized spacial score (nSPS) is 14.1. The van der Waals surface area contributed by atoms with Crippen molar-refractivity contribution in [1.29, 1.82) is 0 Å². The van der Waals surface area contributed by atoms with Crippen molar-refractivity contribution in [3.05, 3.63) is 82.5 Å². The maximum atomic E-state index is 13.3. The Kier molecular flexibility index (Phi) is 6.72. The average Bonchev–Trinajstić information content (AvgIpc) is 2.85. The van der Waals surface area contributed by atoms with Crippen LogP contribution in [0.15, 0.2) is 54.6 Å². The summed E-state index contributed by atoms with van der Waals surface area (Å²) in [5.41, 5.74) is 1.59. The molecule has 1 saturated heterocycles. The fraction of sp³-hybridized carbons (Fsp3) is 0.280. The monoisotopic (exact) mass is 483 g/mol. The van der Waals surface area contributed by atoms with Crippen LogP contribution in [0.4, 0.5) is 24.7 Å². The van der Waals surface area contributed by atoms with Gasteiger partial charge in [-0.05, 0) is 49.7 Å². The molecule has 1 aliphatic rings. The lowest BCUT2D eigenvalue weighted by molar-refractivity contribution is -0.138. The molecule has 0 atom stereocenters. The van der Waals surface area contributed by atoms with Gasteiger partial charge < -0.3 is 15.1 Å². The summed E-state index contributed by atoms with van der Waals surface area (Å²) in [6.07, 6.45) is -4.60. The topological polar surface area (TPSA) is 78.4 Å². The molecule has 1 N–H and O–H groups in total. The molecule has 3 aromatic rings. The second kappa shape index (κ2) is 9.73. The Balaban J connectivity index is 1.38. The second-order valence-corrected chi connectivity index (χ2v) is 8.37. The van der Waals surface area contributed by atoms with Crippen LogP contribution in [0.3, 0.4) is 0 Å². The summed E-state index contributed by atoms with van der Waals surface area (Å²) in [5, 5.41) is 11.0. The highest BCUT2D eigenvalue weighted by Gasteiger charge is 2.36. The maximum absolute atomic E-state index is 13.3. The van der Waals surface area contributed by atoms with Crippen LogP contribution >= 0.6 is 0 Å². The second-order valence-electron chi connectivity index (χ2n) is 8.37. The molecular weight excluding hydrogens is 459 g/mol. The van der Waals surface area contributed by atoms with E-state index in [1.54, 1.807) is 12.1 Å². The smallest absolute Gasteiger partial charge is 0.352 e. The zero-order valence-corrected chi connectivity index (χ0v) is 19.3. The quantitative estimate of drug-likeness (QED) is 0.598. The van der Waals surface area contributed by atoms with Crippen molar-refractivity contribution >= 4 is 23.3 Å². The van der Waals surface area contributed by atoms with E-state index in [-0.39, 0.29) is 30.3 Å². The third-order valence-corrected chi connectivity index (χ3v) is 5.87. The standard InChI is InChI=1S/C25H24F3N5O2/c1-16-7-8-20(17(2)15-16)29-23(34)21-9-10-22(31-30-21)32-11-13-33(14-12-32)24(35)18-5-3-4-6-19(18)25(26,27)28/h3-10,15H,11-14H2,1-2H3,(H,29,34). The molecule has 2 aromatic carbocycles. The number of hydrogen-bond donors (Lipinski definition) is 1. The highest BCUT2D eigenvalue weighted by atomic mass is 19.4. The van der Waals surface area contributed by atoms with E-state index in [1.807, 2.05) is 36.9 Å². The molecule has 35 heavy (non-hydrogen) atoms. The van der Waals surface area contributed by atoms with Crippen LogP contribution in [0, 0.1) is 13.8 Å². The van der Waals surface area contributed by atoms with Gasteiger partial charge in [0.05, 0.1) is 11.1 Å². The Hall–Kier alpha value is -3.95. The summed E-state index contributed by atoms with van der Waals surface area (Å²) in [4.78, 5) is 28.6. The molecule has 1 fully saturated rings. The molecule has 7 nitrogen and oxygen atoms in total. The van der Waals surface area contributed by atoms with E-state index in [9.17, 15) is 22.8 Å². The van der Waals surface area contributed by atoms with Gasteiger partial charge in [-0.1, -0.05) is 29.8 Å². The van der Waals surface area contributed by atoms with Crippen LogP contribution in [-0.4, -0.2) is 53.1 Å². The summed E-state index contributed by atoms with van der Waals surface area (Å²) >= 11 is 0. The largest absolute Gasteiger partial charge is 0.417 e. The minimum atomic E-state index is -4.60. The molecule has 2 amide bonds. The van der Waals surface area contributed by atoms with E-state index in [0.717, 1.165) is 17.2 Å². The van der Waals surface area contributed by atoms with Gasteiger partial charge in [0, 0.05) is 31.9 Å². The number of rotatable bonds is 4. The van der Waals surface area contributed by atoms with E-state index in [0.29, 0.717) is 24.6 Å². The number of carbonyl (C=O) groups is 2. The van der Waals surface area contributed by atoms with E-state index in [4.69, 9.17) is 0 Å². The van der Waals surface area contributed by atoms with Crippen molar-refractivity contribution in [2.45, 2.75) is 20.0 Å². The Labute approximate surface area is 200 Å². The first-order valence-electron chi connectivity index (χ1n) is 11.1. The number of carbonyl (C=O) groups excluding carboxylic acids is 2. The van der Waals surface area contributed by atoms with E-state index in [1.165, 1.54) is 23.1 Å². The lowest BCUT2D eigenvalue weighted by Crippen LogP contribution is -2.49. The summed E-state index contributed by atoms with van der Waals surface area (Å²) in [6.45, 7) is 5.11. The summed E-state index contributed by atoms with van der Waals surface area (Å²) in [6, 6.07) is 13.7. The van der Waals surface area contributed by atoms with Gasteiger partial charge in [-0.2, -0.15) is 13.2 Å². The van der Waals surface area contributed by atoms with Crippen molar-refractivity contribution in [2.24, 2.45) is 0 Å². The van der Waals surface area contributed by atoms with Crippen LogP contribution in [0.25, 0.3) is 0 Å². The number of benzene rings is 2. The molecule has 1 aliphatic heterocycles. The van der Waals surface area contributed by atoms with Gasteiger partial charge in [0.25, 0.3) is 11.8 Å². The van der Waals surface area contributed by atoms with Crippen LogP contribution in [0.1, 0.15) is 37.5 Å². The number of amides is 2. The summed E-state index contributed by atoms with van der Waals surface area (Å²) in [5.74, 6) is -0.507.